The van der Waals surface area contributed by atoms with Crippen LogP contribution >= 0.6 is 23.2 Å². The van der Waals surface area contributed by atoms with Crippen LogP contribution in [-0.2, 0) is 9.59 Å². The summed E-state index contributed by atoms with van der Waals surface area (Å²) >= 11 is 12.4. The van der Waals surface area contributed by atoms with Gasteiger partial charge in [0.1, 0.15) is 11.4 Å². The number of hydrogen-bond acceptors (Lipinski definition) is 7. The summed E-state index contributed by atoms with van der Waals surface area (Å²) in [4.78, 5) is 33.1. The van der Waals surface area contributed by atoms with Crippen LogP contribution in [0.25, 0.3) is 11.4 Å². The molecule has 0 spiro atoms. The zero-order valence-electron chi connectivity index (χ0n) is 34.5. The Morgan fingerprint density at radius 1 is 0.464 bits per heavy atom. The molecule has 3 aromatic rings. The molecule has 2 aromatic carbocycles. The van der Waals surface area contributed by atoms with Gasteiger partial charge >= 0.3 is 0 Å². The third-order valence-electron chi connectivity index (χ3n) is 9.38. The van der Waals surface area contributed by atoms with Crippen molar-refractivity contribution in [1.29, 1.82) is 0 Å². The summed E-state index contributed by atoms with van der Waals surface area (Å²) in [7, 11) is 0. The number of rotatable bonds is 6. The van der Waals surface area contributed by atoms with Gasteiger partial charge in [-0.05, 0) is 107 Å². The van der Waals surface area contributed by atoms with Crippen molar-refractivity contribution in [3.05, 3.63) is 146 Å². The number of hydrogen-bond donors (Lipinski definition) is 0. The molecule has 0 saturated heterocycles. The first-order valence-corrected chi connectivity index (χ1v) is 19.5. The van der Waals surface area contributed by atoms with E-state index >= 15 is 0 Å². The topological polar surface area (TPSA) is 96.5 Å². The van der Waals surface area contributed by atoms with Crippen molar-refractivity contribution >= 4 is 57.5 Å². The van der Waals surface area contributed by atoms with Gasteiger partial charge in [-0.15, -0.1) is 10.2 Å². The predicted octanol–water partition coefficient (Wildman–Crippen LogP) is 14.4. The van der Waals surface area contributed by atoms with E-state index in [1.807, 2.05) is 126 Å². The molecule has 0 N–H and O–H groups in total. The van der Waals surface area contributed by atoms with Crippen LogP contribution in [0.1, 0.15) is 94.5 Å². The third-order valence-corrected chi connectivity index (χ3v) is 9.88. The summed E-state index contributed by atoms with van der Waals surface area (Å²) in [5.74, 6) is 0.0163. The Bertz CT molecular complexity index is 2070. The number of azo groups is 2. The minimum Gasteiger partial charge on any atom is -0.289 e. The summed E-state index contributed by atoms with van der Waals surface area (Å²) in [6.07, 6.45) is 7.63. The molecule has 0 aliphatic heterocycles. The highest BCUT2D eigenvalue weighted by molar-refractivity contribution is 6.30. The van der Waals surface area contributed by atoms with E-state index in [1.165, 1.54) is 0 Å². The number of carbonyl (C=O) groups is 2. The predicted molar refractivity (Wildman–Crippen MR) is 230 cm³/mol. The molecule has 1 aromatic heterocycles. The lowest BCUT2D eigenvalue weighted by atomic mass is 9.71. The van der Waals surface area contributed by atoms with Crippen LogP contribution in [0.2, 0.25) is 10.0 Å². The first-order valence-electron chi connectivity index (χ1n) is 18.7. The Morgan fingerprint density at radius 2 is 0.750 bits per heavy atom. The summed E-state index contributed by atoms with van der Waals surface area (Å²) in [5, 5.41) is 20.1. The smallest absolute Gasteiger partial charge is 0.186 e. The van der Waals surface area contributed by atoms with Crippen LogP contribution in [0.5, 0.6) is 0 Å². The van der Waals surface area contributed by atoms with Crippen molar-refractivity contribution in [1.82, 2.24) is 4.98 Å². The number of pyridine rings is 1. The van der Waals surface area contributed by atoms with Crippen LogP contribution in [0, 0.1) is 21.7 Å². The van der Waals surface area contributed by atoms with Crippen LogP contribution in [0.15, 0.2) is 145 Å². The van der Waals surface area contributed by atoms with Gasteiger partial charge in [-0.2, -0.15) is 10.2 Å². The fourth-order valence-electron chi connectivity index (χ4n) is 6.20. The van der Waals surface area contributed by atoms with Crippen molar-refractivity contribution in [3.63, 3.8) is 0 Å². The third kappa shape index (κ3) is 9.93. The van der Waals surface area contributed by atoms with Crippen LogP contribution < -0.4 is 0 Å². The number of Topliss-reactive ketones (excluding diaryl/α,β-unsaturated/α-hetero) is 2. The number of aromatic nitrogens is 1. The molecule has 5 rings (SSSR count). The Labute approximate surface area is 341 Å². The Kier molecular flexibility index (Phi) is 12.0. The van der Waals surface area contributed by atoms with Crippen molar-refractivity contribution in [2.24, 2.45) is 42.1 Å². The van der Waals surface area contributed by atoms with Gasteiger partial charge in [-0.3, -0.25) is 9.59 Å². The zero-order valence-corrected chi connectivity index (χ0v) is 36.0. The maximum atomic E-state index is 14.0. The Hall–Kier alpha value is -4.85. The van der Waals surface area contributed by atoms with Crippen molar-refractivity contribution in [2.75, 3.05) is 0 Å². The van der Waals surface area contributed by atoms with Gasteiger partial charge in [0.05, 0.1) is 22.8 Å². The van der Waals surface area contributed by atoms with E-state index in [1.54, 1.807) is 48.5 Å². The number of benzene rings is 2. The molecule has 2 aliphatic rings. The highest BCUT2D eigenvalue weighted by Crippen LogP contribution is 2.43. The molecule has 7 nitrogen and oxygen atoms in total. The molecule has 0 saturated carbocycles. The number of ketones is 2. The van der Waals surface area contributed by atoms with E-state index in [2.05, 4.69) is 10.2 Å². The molecule has 0 amide bonds. The lowest BCUT2D eigenvalue weighted by Crippen LogP contribution is -2.28. The lowest BCUT2D eigenvalue weighted by Gasteiger charge is -2.31. The maximum Gasteiger partial charge on any atom is 0.186 e. The SMILES string of the molecule is CC(C)(C)C1=CC(=C(/N=N/c2ccc(Cl)cc2)c2cccc(C(/N=N/c3ccc(Cl)cc3)=C3C=C(C(C)(C)C)C(=O)C(C(C)(C)C)=C3)n2)C=C(C(C)(C)C)C1=O. The average molecular weight is 789 g/mol. The molecule has 1 heterocycles. The largest absolute Gasteiger partial charge is 0.289 e. The van der Waals surface area contributed by atoms with E-state index in [-0.39, 0.29) is 11.6 Å². The molecule has 0 atom stereocenters. The number of halogens is 2. The van der Waals surface area contributed by atoms with Crippen LogP contribution in [-0.4, -0.2) is 16.6 Å². The van der Waals surface area contributed by atoms with E-state index in [0.717, 1.165) is 0 Å². The quantitative estimate of drug-likeness (QED) is 0.233. The average Bonchev–Trinajstić information content (AvgIpc) is 3.09. The van der Waals surface area contributed by atoms with E-state index in [4.69, 9.17) is 38.4 Å². The second-order valence-electron chi connectivity index (χ2n) is 18.3. The van der Waals surface area contributed by atoms with Gasteiger partial charge in [0, 0.05) is 43.5 Å². The normalized spacial score (nSPS) is 16.0. The first-order chi connectivity index (χ1) is 25.9. The molecule has 0 bridgehead atoms. The van der Waals surface area contributed by atoms with Gasteiger partial charge in [0.15, 0.2) is 11.6 Å². The minimum absolute atomic E-state index is 0.00815. The van der Waals surface area contributed by atoms with E-state index < -0.39 is 21.7 Å². The van der Waals surface area contributed by atoms with Gasteiger partial charge in [0.25, 0.3) is 0 Å². The summed E-state index contributed by atoms with van der Waals surface area (Å²) in [6, 6.07) is 19.8. The van der Waals surface area contributed by atoms with Crippen molar-refractivity contribution in [2.45, 2.75) is 83.1 Å². The van der Waals surface area contributed by atoms with Gasteiger partial charge in [-0.1, -0.05) is 112 Å². The molecular weight excluding hydrogens is 737 g/mol. The van der Waals surface area contributed by atoms with E-state index in [0.29, 0.717) is 77.6 Å². The highest BCUT2D eigenvalue weighted by atomic mass is 35.5. The second kappa shape index (κ2) is 16.0. The first kappa shape index (κ1) is 42.3. The lowest BCUT2D eigenvalue weighted by molar-refractivity contribution is -0.114. The molecule has 0 fully saturated rings. The maximum absolute atomic E-state index is 14.0. The highest BCUT2D eigenvalue weighted by Gasteiger charge is 2.36. The molecule has 0 radical (unpaired) electrons. The number of nitrogens with zero attached hydrogens (tertiary/aromatic N) is 5. The molecular formula is C47H51Cl2N5O2. The van der Waals surface area contributed by atoms with Crippen molar-refractivity contribution in [3.8, 4) is 0 Å². The van der Waals surface area contributed by atoms with Crippen LogP contribution in [0.4, 0.5) is 11.4 Å². The number of carbonyl (C=O) groups excluding carboxylic acids is 2. The van der Waals surface area contributed by atoms with Gasteiger partial charge in [-0.25, -0.2) is 4.98 Å². The van der Waals surface area contributed by atoms with Gasteiger partial charge in [0.2, 0.25) is 0 Å². The summed E-state index contributed by atoms with van der Waals surface area (Å²) < 4.78 is 0. The monoisotopic (exact) mass is 787 g/mol. The zero-order chi connectivity index (χ0) is 41.4. The minimum atomic E-state index is -0.451. The molecule has 2 aliphatic carbocycles. The Morgan fingerprint density at radius 3 is 1.02 bits per heavy atom. The van der Waals surface area contributed by atoms with Crippen LogP contribution in [0.3, 0.4) is 0 Å². The summed E-state index contributed by atoms with van der Waals surface area (Å²) in [6.45, 7) is 24.4. The standard InChI is InChI=1S/C47H51Cl2N5O2/c1-44(2,3)34-24-28(25-35(42(34)55)45(4,5)6)40(53-51-32-20-16-30(48)17-21-32)38-14-13-15-39(50-38)41(54-52-33-22-18-31(49)19-23-33)29-26-36(46(7,8)9)43(56)37(27-29)47(10,11)12/h13-27H,1-12H3/b53-51+,54-52+. The molecule has 56 heavy (non-hydrogen) atoms. The molecule has 9 heteroatoms. The van der Waals surface area contributed by atoms with Gasteiger partial charge < -0.3 is 0 Å². The fraction of sp³-hybridized carbons (Fsp3) is 0.340. The fourth-order valence-corrected chi connectivity index (χ4v) is 6.45. The summed E-state index contributed by atoms with van der Waals surface area (Å²) in [5.41, 5.74) is 5.41. The Balaban J connectivity index is 1.85. The molecule has 0 unspecified atom stereocenters. The van der Waals surface area contributed by atoms with E-state index in [9.17, 15) is 9.59 Å². The number of allylic oxidation sites excluding steroid dienone is 10. The molecule has 290 valence electrons. The van der Waals surface area contributed by atoms with Crippen molar-refractivity contribution < 1.29 is 9.59 Å². The second-order valence-corrected chi connectivity index (χ2v) is 19.1.